The number of benzene rings is 2. The van der Waals surface area contributed by atoms with Crippen molar-refractivity contribution in [1.29, 1.82) is 0 Å². The van der Waals surface area contributed by atoms with Crippen LogP contribution in [0.4, 0.5) is 0 Å². The number of aromatic nitrogens is 2. The number of carbonyl (C=O) groups is 2. The number of amides is 1. The van der Waals surface area contributed by atoms with Crippen LogP contribution in [0.1, 0.15) is 67.8 Å². The van der Waals surface area contributed by atoms with E-state index >= 15 is 0 Å². The molecule has 2 aromatic carbocycles. The number of Topliss-reactive ketones (excluding diaryl/α,β-unsaturated/α-hetero) is 1. The summed E-state index contributed by atoms with van der Waals surface area (Å²) >= 11 is 0. The molecule has 10 heteroatoms. The fourth-order valence-electron chi connectivity index (χ4n) is 6.83. The summed E-state index contributed by atoms with van der Waals surface area (Å²) in [6.45, 7) is 6.06. The lowest BCUT2D eigenvalue weighted by Gasteiger charge is -2.35. The minimum Gasteiger partial charge on any atom is -0.366 e. The fraction of sp³-hybridized carbons (Fsp3) is 0.483. The number of nitrogens with zero attached hydrogens (tertiary/aromatic N) is 2. The predicted molar refractivity (Wildman–Crippen MR) is 149 cm³/mol. The third-order valence-corrected chi connectivity index (χ3v) is 10.2. The van der Waals surface area contributed by atoms with Gasteiger partial charge in [-0.25, -0.2) is 4.68 Å². The van der Waals surface area contributed by atoms with E-state index in [-0.39, 0.29) is 17.1 Å². The predicted octanol–water partition coefficient (Wildman–Crippen LogP) is 3.86. The number of rotatable bonds is 5. The number of piperidine rings is 1. The number of carbonyl (C=O) groups excluding carboxylic acids is 2. The highest BCUT2D eigenvalue weighted by atomic mass is 32.2. The number of hydrogen-bond donors (Lipinski definition) is 3. The number of ketones is 1. The first-order valence-electron chi connectivity index (χ1n) is 13.5. The standard InChI is InChI=1S/C19H20N4O.C10H16O4S/c20-19(24)17-5-1-3-15-12-23(22-18(15)17)16-8-6-13(7-9-16)14-4-2-10-21-11-14;1-9(2)7-3-4-10(9,8(11)5-7)6-15(12,13)14/h1,3,5-9,12,14,21H,2,4,10-11H2,(H2,20,24);7H,3-6H2,1-2H3,(H,12,13,14)/t14-;/m1./s1. The molecule has 4 N–H and O–H groups in total. The Labute approximate surface area is 228 Å². The number of primary amides is 1. The molecule has 2 unspecified atom stereocenters. The number of nitrogens with two attached hydrogens (primary N) is 1. The Kier molecular flexibility index (Phi) is 7.15. The van der Waals surface area contributed by atoms with E-state index in [4.69, 9.17) is 10.3 Å². The lowest BCUT2D eigenvalue weighted by atomic mass is 9.70. The molecule has 2 heterocycles. The van der Waals surface area contributed by atoms with E-state index in [0.29, 0.717) is 29.8 Å². The van der Waals surface area contributed by atoms with Crippen molar-refractivity contribution in [3.05, 3.63) is 59.8 Å². The van der Waals surface area contributed by atoms with Crippen molar-refractivity contribution in [3.8, 4) is 5.69 Å². The van der Waals surface area contributed by atoms with Crippen molar-refractivity contribution >= 4 is 32.7 Å². The van der Waals surface area contributed by atoms with Crippen molar-refractivity contribution in [2.24, 2.45) is 22.5 Å². The van der Waals surface area contributed by atoms with Gasteiger partial charge >= 0.3 is 0 Å². The molecule has 9 nitrogen and oxygen atoms in total. The van der Waals surface area contributed by atoms with Crippen LogP contribution in [0, 0.1) is 16.7 Å². The Morgan fingerprint density at radius 2 is 1.92 bits per heavy atom. The van der Waals surface area contributed by atoms with Gasteiger partial charge in [0.25, 0.3) is 16.0 Å². The van der Waals surface area contributed by atoms with Gasteiger partial charge in [-0.05, 0) is 73.2 Å². The molecule has 2 bridgehead atoms. The summed E-state index contributed by atoms with van der Waals surface area (Å²) in [6, 6.07) is 14.0. The monoisotopic (exact) mass is 552 g/mol. The molecule has 3 atom stereocenters. The van der Waals surface area contributed by atoms with Gasteiger partial charge in [-0.3, -0.25) is 14.1 Å². The van der Waals surface area contributed by atoms with Crippen LogP contribution in [0.25, 0.3) is 16.6 Å². The molecule has 3 fully saturated rings. The molecular formula is C29H36N4O5S. The quantitative estimate of drug-likeness (QED) is 0.408. The second kappa shape index (κ2) is 10.1. The summed E-state index contributed by atoms with van der Waals surface area (Å²) in [5.41, 5.74) is 7.76. The van der Waals surface area contributed by atoms with Crippen LogP contribution in [0.3, 0.4) is 0 Å². The van der Waals surface area contributed by atoms with E-state index < -0.39 is 27.2 Å². The van der Waals surface area contributed by atoms with Crippen LogP contribution in [0.15, 0.2) is 48.7 Å². The maximum absolute atomic E-state index is 11.9. The Morgan fingerprint density at radius 3 is 2.49 bits per heavy atom. The Hall–Kier alpha value is -3.08. The third kappa shape index (κ3) is 5.13. The van der Waals surface area contributed by atoms with Gasteiger partial charge in [0.1, 0.15) is 11.3 Å². The minimum absolute atomic E-state index is 0.0152. The molecule has 6 rings (SSSR count). The summed E-state index contributed by atoms with van der Waals surface area (Å²) in [7, 11) is -4.08. The number of fused-ring (bicyclic) bond motifs is 3. The molecule has 0 spiro atoms. The first-order chi connectivity index (χ1) is 18.4. The van der Waals surface area contributed by atoms with E-state index in [9.17, 15) is 18.0 Å². The molecule has 39 heavy (non-hydrogen) atoms. The van der Waals surface area contributed by atoms with E-state index in [2.05, 4.69) is 34.7 Å². The van der Waals surface area contributed by atoms with Crippen molar-refractivity contribution in [1.82, 2.24) is 15.1 Å². The van der Waals surface area contributed by atoms with Crippen LogP contribution < -0.4 is 11.1 Å². The fourth-order valence-corrected chi connectivity index (χ4v) is 8.13. The van der Waals surface area contributed by atoms with Crippen LogP contribution in [-0.2, 0) is 14.9 Å². The van der Waals surface area contributed by atoms with Crippen molar-refractivity contribution in [2.45, 2.75) is 51.9 Å². The zero-order chi connectivity index (χ0) is 28.0. The Balaban J connectivity index is 0.000000177. The first-order valence-corrected chi connectivity index (χ1v) is 15.1. The molecule has 3 aliphatic rings. The normalized spacial score (nSPS) is 25.9. The van der Waals surface area contributed by atoms with Crippen LogP contribution in [0.5, 0.6) is 0 Å². The van der Waals surface area contributed by atoms with Gasteiger partial charge in [0.05, 0.1) is 22.4 Å². The molecule has 1 aliphatic heterocycles. The van der Waals surface area contributed by atoms with E-state index in [1.807, 2.05) is 32.2 Å². The van der Waals surface area contributed by atoms with Crippen LogP contribution >= 0.6 is 0 Å². The zero-order valence-electron chi connectivity index (χ0n) is 22.4. The smallest absolute Gasteiger partial charge is 0.265 e. The van der Waals surface area contributed by atoms with Crippen molar-refractivity contribution < 1.29 is 22.6 Å². The molecule has 1 saturated heterocycles. The maximum Gasteiger partial charge on any atom is 0.265 e. The highest BCUT2D eigenvalue weighted by Crippen LogP contribution is 2.64. The summed E-state index contributed by atoms with van der Waals surface area (Å²) in [5, 5.41) is 8.91. The van der Waals surface area contributed by atoms with Gasteiger partial charge in [-0.2, -0.15) is 13.5 Å². The van der Waals surface area contributed by atoms with Gasteiger partial charge in [-0.1, -0.05) is 38.1 Å². The third-order valence-electron chi connectivity index (χ3n) is 9.30. The van der Waals surface area contributed by atoms with E-state index in [1.54, 1.807) is 10.7 Å². The van der Waals surface area contributed by atoms with E-state index in [0.717, 1.165) is 30.6 Å². The maximum atomic E-state index is 11.9. The lowest BCUT2D eigenvalue weighted by Crippen LogP contribution is -2.42. The van der Waals surface area contributed by atoms with Crippen molar-refractivity contribution in [2.75, 3.05) is 18.8 Å². The molecule has 2 saturated carbocycles. The first kappa shape index (κ1) is 27.5. The van der Waals surface area contributed by atoms with Crippen LogP contribution in [0.2, 0.25) is 0 Å². The SMILES string of the molecule is CC1(C)C2CCC1(CS(=O)(=O)O)C(=O)C2.NC(=O)c1cccc2cn(-c3ccc([C@@H]4CCCNC4)cc3)nc12. The lowest BCUT2D eigenvalue weighted by molar-refractivity contribution is -0.128. The summed E-state index contributed by atoms with van der Waals surface area (Å²) in [5.74, 6) is 0.0348. The summed E-state index contributed by atoms with van der Waals surface area (Å²) in [6.07, 6.45) is 6.37. The van der Waals surface area contributed by atoms with Gasteiger partial charge in [0, 0.05) is 24.5 Å². The minimum atomic E-state index is -4.08. The number of hydrogen-bond acceptors (Lipinski definition) is 6. The molecule has 2 aliphatic carbocycles. The second-order valence-corrected chi connectivity index (χ2v) is 13.2. The highest BCUT2D eigenvalue weighted by Gasteiger charge is 2.65. The van der Waals surface area contributed by atoms with Gasteiger partial charge in [-0.15, -0.1) is 0 Å². The van der Waals surface area contributed by atoms with Crippen molar-refractivity contribution in [3.63, 3.8) is 0 Å². The molecule has 208 valence electrons. The molecule has 3 aromatic rings. The molecule has 0 radical (unpaired) electrons. The average molecular weight is 553 g/mol. The molecular weight excluding hydrogens is 516 g/mol. The Bertz CT molecular complexity index is 1510. The van der Waals surface area contributed by atoms with Gasteiger partial charge < -0.3 is 11.1 Å². The Morgan fingerprint density at radius 1 is 1.18 bits per heavy atom. The van der Waals surface area contributed by atoms with E-state index in [1.165, 1.54) is 18.4 Å². The molecule has 1 amide bonds. The molecule has 1 aromatic heterocycles. The van der Waals surface area contributed by atoms with Crippen LogP contribution in [-0.4, -0.2) is 53.3 Å². The summed E-state index contributed by atoms with van der Waals surface area (Å²) < 4.78 is 32.8. The largest absolute Gasteiger partial charge is 0.366 e. The van der Waals surface area contributed by atoms with Gasteiger partial charge in [0.2, 0.25) is 0 Å². The second-order valence-electron chi connectivity index (χ2n) is 11.7. The topological polar surface area (TPSA) is 144 Å². The van der Waals surface area contributed by atoms with Gasteiger partial charge in [0.15, 0.2) is 0 Å². The highest BCUT2D eigenvalue weighted by molar-refractivity contribution is 7.85. The average Bonchev–Trinajstić information content (AvgIpc) is 3.49. The zero-order valence-corrected chi connectivity index (χ0v) is 23.2. The number of nitrogens with one attached hydrogen (secondary N) is 1. The summed E-state index contributed by atoms with van der Waals surface area (Å²) in [4.78, 5) is 23.4.